The molecular formula is C19H28N2O. The predicted molar refractivity (Wildman–Crippen MR) is 89.7 cm³/mol. The number of rotatable bonds is 4. The van der Waals surface area contributed by atoms with Crippen molar-refractivity contribution in [3.8, 4) is 0 Å². The fourth-order valence-corrected chi connectivity index (χ4v) is 4.03. The molecule has 120 valence electrons. The van der Waals surface area contributed by atoms with Crippen LogP contribution in [0.15, 0.2) is 24.3 Å². The van der Waals surface area contributed by atoms with Gasteiger partial charge in [-0.3, -0.25) is 4.79 Å². The number of nitrogens with one attached hydrogen (secondary N) is 1. The predicted octanol–water partition coefficient (Wildman–Crippen LogP) is 3.05. The Morgan fingerprint density at radius 2 is 2.00 bits per heavy atom. The minimum Gasteiger partial charge on any atom is -0.355 e. The van der Waals surface area contributed by atoms with Gasteiger partial charge >= 0.3 is 0 Å². The molecular weight excluding hydrogens is 272 g/mol. The van der Waals surface area contributed by atoms with E-state index in [-0.39, 0.29) is 22.8 Å². The molecule has 0 heterocycles. The van der Waals surface area contributed by atoms with Gasteiger partial charge in [-0.05, 0) is 50.7 Å². The molecule has 0 bridgehead atoms. The van der Waals surface area contributed by atoms with Crippen LogP contribution in [0.2, 0.25) is 0 Å². The van der Waals surface area contributed by atoms with E-state index in [9.17, 15) is 4.79 Å². The molecule has 3 rings (SSSR count). The van der Waals surface area contributed by atoms with Crippen LogP contribution in [-0.2, 0) is 10.2 Å². The van der Waals surface area contributed by atoms with Crippen molar-refractivity contribution < 1.29 is 4.79 Å². The first-order chi connectivity index (χ1) is 10.4. The Labute approximate surface area is 133 Å². The molecule has 2 aliphatic rings. The Balaban J connectivity index is 1.65. The van der Waals surface area contributed by atoms with Crippen molar-refractivity contribution in [1.82, 2.24) is 5.32 Å². The zero-order valence-corrected chi connectivity index (χ0v) is 13.8. The second-order valence-corrected chi connectivity index (χ2v) is 7.62. The number of hydrogen-bond acceptors (Lipinski definition) is 2. The summed E-state index contributed by atoms with van der Waals surface area (Å²) >= 11 is 0. The van der Waals surface area contributed by atoms with Crippen LogP contribution in [0.3, 0.4) is 0 Å². The summed E-state index contributed by atoms with van der Waals surface area (Å²) in [5.74, 6) is 0.124. The zero-order chi connectivity index (χ0) is 15.8. The lowest BCUT2D eigenvalue weighted by Crippen LogP contribution is -2.53. The molecule has 2 aliphatic carbocycles. The van der Waals surface area contributed by atoms with Crippen LogP contribution in [0.5, 0.6) is 0 Å². The van der Waals surface area contributed by atoms with Crippen molar-refractivity contribution in [3.63, 3.8) is 0 Å². The van der Waals surface area contributed by atoms with Crippen LogP contribution in [0, 0.1) is 12.8 Å². The van der Waals surface area contributed by atoms with E-state index in [1.54, 1.807) is 0 Å². The highest BCUT2D eigenvalue weighted by atomic mass is 16.1. The van der Waals surface area contributed by atoms with Crippen LogP contribution >= 0.6 is 0 Å². The van der Waals surface area contributed by atoms with Gasteiger partial charge in [0.15, 0.2) is 0 Å². The number of carbonyl (C=O) groups excluding carboxylic acids is 1. The molecule has 3 nitrogen and oxygen atoms in total. The molecule has 2 saturated carbocycles. The number of amides is 1. The molecule has 0 aliphatic heterocycles. The van der Waals surface area contributed by atoms with E-state index in [0.717, 1.165) is 32.2 Å². The van der Waals surface area contributed by atoms with Gasteiger partial charge in [-0.15, -0.1) is 0 Å². The number of nitrogens with two attached hydrogens (primary N) is 1. The van der Waals surface area contributed by atoms with Crippen molar-refractivity contribution >= 4 is 5.91 Å². The zero-order valence-electron chi connectivity index (χ0n) is 13.8. The van der Waals surface area contributed by atoms with E-state index in [0.29, 0.717) is 0 Å². The molecule has 0 radical (unpaired) electrons. The quantitative estimate of drug-likeness (QED) is 0.898. The monoisotopic (exact) mass is 300 g/mol. The van der Waals surface area contributed by atoms with Gasteiger partial charge in [0.2, 0.25) is 5.91 Å². The minimum atomic E-state index is -0.346. The van der Waals surface area contributed by atoms with Crippen molar-refractivity contribution in [2.45, 2.75) is 63.3 Å². The van der Waals surface area contributed by atoms with Gasteiger partial charge in [-0.2, -0.15) is 0 Å². The molecule has 3 heteroatoms. The first kappa shape index (κ1) is 15.5. The minimum absolute atomic E-state index is 0.0334. The third kappa shape index (κ3) is 2.91. The Hall–Kier alpha value is -1.35. The van der Waals surface area contributed by atoms with Crippen LogP contribution in [0.1, 0.15) is 56.6 Å². The average molecular weight is 300 g/mol. The normalized spacial score (nSPS) is 29.9. The maximum atomic E-state index is 12.6. The van der Waals surface area contributed by atoms with Crippen molar-refractivity contribution in [1.29, 1.82) is 0 Å². The number of hydrogen-bond donors (Lipinski definition) is 2. The highest BCUT2D eigenvalue weighted by Gasteiger charge is 2.46. The van der Waals surface area contributed by atoms with E-state index in [2.05, 4.69) is 36.5 Å². The lowest BCUT2D eigenvalue weighted by molar-refractivity contribution is -0.128. The molecule has 2 fully saturated rings. The largest absolute Gasteiger partial charge is 0.355 e. The van der Waals surface area contributed by atoms with E-state index < -0.39 is 0 Å². The third-order valence-electron chi connectivity index (χ3n) is 5.74. The van der Waals surface area contributed by atoms with Crippen LogP contribution in [-0.4, -0.2) is 18.0 Å². The fourth-order valence-electron chi connectivity index (χ4n) is 4.03. The highest BCUT2D eigenvalue weighted by molar-refractivity contribution is 5.80. The number of aryl methyl sites for hydroxylation is 1. The lowest BCUT2D eigenvalue weighted by atomic mass is 9.74. The molecule has 1 aromatic rings. The van der Waals surface area contributed by atoms with Crippen molar-refractivity contribution in [2.75, 3.05) is 6.54 Å². The van der Waals surface area contributed by atoms with Crippen molar-refractivity contribution in [3.05, 3.63) is 35.4 Å². The van der Waals surface area contributed by atoms with E-state index >= 15 is 0 Å². The SMILES string of the molecule is Cc1ccccc1C1(CNC(=O)C2CCCCC2(C)N)CC1. The first-order valence-electron chi connectivity index (χ1n) is 8.57. The average Bonchev–Trinajstić information content (AvgIpc) is 3.26. The maximum Gasteiger partial charge on any atom is 0.224 e. The summed E-state index contributed by atoms with van der Waals surface area (Å²) in [6.45, 7) is 4.95. The highest BCUT2D eigenvalue weighted by Crippen LogP contribution is 2.48. The topological polar surface area (TPSA) is 55.1 Å². The second kappa shape index (κ2) is 5.69. The van der Waals surface area contributed by atoms with Gasteiger partial charge < -0.3 is 11.1 Å². The van der Waals surface area contributed by atoms with E-state index in [1.165, 1.54) is 24.0 Å². The van der Waals surface area contributed by atoms with E-state index in [1.807, 2.05) is 6.92 Å². The fraction of sp³-hybridized carbons (Fsp3) is 0.632. The van der Waals surface area contributed by atoms with Gasteiger partial charge in [0.25, 0.3) is 0 Å². The Morgan fingerprint density at radius 3 is 2.64 bits per heavy atom. The third-order valence-corrected chi connectivity index (χ3v) is 5.74. The Bertz CT molecular complexity index is 560. The summed E-state index contributed by atoms with van der Waals surface area (Å²) in [7, 11) is 0. The van der Waals surface area contributed by atoms with Crippen LogP contribution in [0.4, 0.5) is 0 Å². The van der Waals surface area contributed by atoms with Crippen molar-refractivity contribution in [2.24, 2.45) is 11.7 Å². The first-order valence-corrected chi connectivity index (χ1v) is 8.57. The molecule has 0 saturated heterocycles. The maximum absolute atomic E-state index is 12.6. The second-order valence-electron chi connectivity index (χ2n) is 7.62. The molecule has 2 atom stereocenters. The summed E-state index contributed by atoms with van der Waals surface area (Å²) in [5.41, 5.74) is 8.90. The van der Waals surface area contributed by atoms with Gasteiger partial charge in [-0.25, -0.2) is 0 Å². The molecule has 1 amide bonds. The summed E-state index contributed by atoms with van der Waals surface area (Å²) in [6.07, 6.45) is 6.48. The molecule has 22 heavy (non-hydrogen) atoms. The Morgan fingerprint density at radius 1 is 1.27 bits per heavy atom. The smallest absolute Gasteiger partial charge is 0.224 e. The molecule has 3 N–H and O–H groups in total. The summed E-state index contributed by atoms with van der Waals surface area (Å²) in [5, 5.41) is 3.22. The molecule has 2 unspecified atom stereocenters. The summed E-state index contributed by atoms with van der Waals surface area (Å²) < 4.78 is 0. The van der Waals surface area contributed by atoms with Gasteiger partial charge in [0, 0.05) is 17.5 Å². The van der Waals surface area contributed by atoms with Gasteiger partial charge in [-0.1, -0.05) is 37.1 Å². The molecule has 0 spiro atoms. The van der Waals surface area contributed by atoms with Crippen LogP contribution in [0.25, 0.3) is 0 Å². The summed E-state index contributed by atoms with van der Waals surface area (Å²) in [6, 6.07) is 8.55. The van der Waals surface area contributed by atoms with Gasteiger partial charge in [0.1, 0.15) is 0 Å². The van der Waals surface area contributed by atoms with Crippen LogP contribution < -0.4 is 11.1 Å². The number of carbonyl (C=O) groups is 1. The summed E-state index contributed by atoms with van der Waals surface area (Å²) in [4.78, 5) is 12.6. The molecule has 1 aromatic carbocycles. The lowest BCUT2D eigenvalue weighted by Gasteiger charge is -2.37. The molecule has 0 aromatic heterocycles. The van der Waals surface area contributed by atoms with E-state index in [4.69, 9.17) is 5.73 Å². The Kier molecular flexibility index (Phi) is 4.02. The standard InChI is InChI=1S/C19H28N2O/c1-14-7-3-4-8-15(14)19(11-12-19)13-21-17(22)16-9-5-6-10-18(16,2)20/h3-4,7-8,16H,5-6,9-13,20H2,1-2H3,(H,21,22). The number of benzene rings is 1. The van der Waals surface area contributed by atoms with Gasteiger partial charge in [0.05, 0.1) is 5.92 Å².